The van der Waals surface area contributed by atoms with Gasteiger partial charge in [-0.05, 0) is 39.5 Å². The molecule has 1 saturated carbocycles. The number of aliphatic hydroxyl groups is 1. The van der Waals surface area contributed by atoms with Crippen molar-refractivity contribution in [2.75, 3.05) is 6.54 Å². The lowest BCUT2D eigenvalue weighted by atomic mass is 9.79. The molecular formula is C16H25NO3. The van der Waals surface area contributed by atoms with Gasteiger partial charge in [0, 0.05) is 12.1 Å². The van der Waals surface area contributed by atoms with Crippen LogP contribution in [0.2, 0.25) is 0 Å². The zero-order chi connectivity index (χ0) is 14.9. The van der Waals surface area contributed by atoms with Gasteiger partial charge >= 0.3 is 0 Å². The van der Waals surface area contributed by atoms with Gasteiger partial charge in [-0.25, -0.2) is 0 Å². The normalized spacial score (nSPS) is 26.6. The number of hydrogen-bond donors (Lipinski definition) is 2. The minimum atomic E-state index is -0.756. The lowest BCUT2D eigenvalue weighted by molar-refractivity contribution is -0.0109. The zero-order valence-electron chi connectivity index (χ0n) is 12.9. The van der Waals surface area contributed by atoms with Crippen LogP contribution in [0.3, 0.4) is 0 Å². The van der Waals surface area contributed by atoms with Crippen LogP contribution in [-0.2, 0) is 0 Å². The molecule has 0 spiro atoms. The lowest BCUT2D eigenvalue weighted by Gasteiger charge is -2.35. The summed E-state index contributed by atoms with van der Waals surface area (Å²) in [7, 11) is 0. The number of aryl methyl sites for hydroxylation is 2. The van der Waals surface area contributed by atoms with E-state index in [0.717, 1.165) is 37.0 Å². The van der Waals surface area contributed by atoms with Crippen molar-refractivity contribution in [1.29, 1.82) is 0 Å². The summed E-state index contributed by atoms with van der Waals surface area (Å²) in [6.07, 6.45) is 3.71. The van der Waals surface area contributed by atoms with Crippen molar-refractivity contribution >= 4 is 5.91 Å². The molecule has 4 heteroatoms. The van der Waals surface area contributed by atoms with Gasteiger partial charge in [-0.2, -0.15) is 0 Å². The fourth-order valence-electron chi connectivity index (χ4n) is 3.25. The molecule has 2 rings (SSSR count). The van der Waals surface area contributed by atoms with Gasteiger partial charge < -0.3 is 14.8 Å². The number of furan rings is 1. The highest BCUT2D eigenvalue weighted by molar-refractivity contribution is 5.96. The summed E-state index contributed by atoms with van der Waals surface area (Å²) in [5, 5.41) is 13.4. The van der Waals surface area contributed by atoms with Crippen LogP contribution in [0.5, 0.6) is 0 Å². The predicted molar refractivity (Wildman–Crippen MR) is 77.8 cm³/mol. The van der Waals surface area contributed by atoms with E-state index in [9.17, 15) is 9.90 Å². The van der Waals surface area contributed by atoms with Crippen molar-refractivity contribution in [2.45, 2.75) is 59.0 Å². The average molecular weight is 279 g/mol. The third-order valence-electron chi connectivity index (χ3n) is 4.43. The molecule has 0 saturated heterocycles. The summed E-state index contributed by atoms with van der Waals surface area (Å²) >= 11 is 0. The quantitative estimate of drug-likeness (QED) is 0.894. The average Bonchev–Trinajstić information content (AvgIpc) is 2.60. The van der Waals surface area contributed by atoms with Crippen LogP contribution in [-0.4, -0.2) is 23.2 Å². The van der Waals surface area contributed by atoms with Crippen LogP contribution in [0, 0.1) is 26.7 Å². The first kappa shape index (κ1) is 15.1. The van der Waals surface area contributed by atoms with Gasteiger partial charge in [0.05, 0.1) is 11.2 Å². The van der Waals surface area contributed by atoms with Gasteiger partial charge in [-0.15, -0.1) is 0 Å². The first-order valence-electron chi connectivity index (χ1n) is 7.39. The van der Waals surface area contributed by atoms with E-state index in [1.165, 1.54) is 0 Å². The fourth-order valence-corrected chi connectivity index (χ4v) is 3.25. The second-order valence-electron chi connectivity index (χ2n) is 6.32. The number of carbonyl (C=O) groups is 1. The molecule has 2 N–H and O–H groups in total. The predicted octanol–water partition coefficient (Wildman–Crippen LogP) is 2.88. The van der Waals surface area contributed by atoms with E-state index >= 15 is 0 Å². The number of amides is 1. The van der Waals surface area contributed by atoms with E-state index in [-0.39, 0.29) is 5.91 Å². The van der Waals surface area contributed by atoms with Gasteiger partial charge in [0.15, 0.2) is 0 Å². The topological polar surface area (TPSA) is 62.5 Å². The van der Waals surface area contributed by atoms with Crippen molar-refractivity contribution in [2.24, 2.45) is 5.92 Å². The van der Waals surface area contributed by atoms with Gasteiger partial charge in [-0.1, -0.05) is 19.8 Å². The maximum atomic E-state index is 12.3. The molecule has 1 aromatic heterocycles. The Morgan fingerprint density at radius 3 is 2.65 bits per heavy atom. The Balaban J connectivity index is 2.02. The molecule has 1 fully saturated rings. The second kappa shape index (κ2) is 5.60. The molecule has 1 aliphatic rings. The molecule has 20 heavy (non-hydrogen) atoms. The van der Waals surface area contributed by atoms with E-state index in [2.05, 4.69) is 12.2 Å². The largest absolute Gasteiger partial charge is 0.466 e. The Hall–Kier alpha value is -1.29. The van der Waals surface area contributed by atoms with Crippen molar-refractivity contribution in [3.63, 3.8) is 0 Å². The van der Waals surface area contributed by atoms with Crippen LogP contribution in [0.15, 0.2) is 4.42 Å². The monoisotopic (exact) mass is 279 g/mol. The molecule has 1 aromatic rings. The van der Waals surface area contributed by atoms with Crippen LogP contribution in [0.25, 0.3) is 0 Å². The maximum absolute atomic E-state index is 12.3. The van der Waals surface area contributed by atoms with E-state index in [0.29, 0.717) is 23.8 Å². The number of carbonyl (C=O) groups excluding carboxylic acids is 1. The van der Waals surface area contributed by atoms with E-state index < -0.39 is 5.60 Å². The van der Waals surface area contributed by atoms with Crippen LogP contribution in [0.1, 0.15) is 60.0 Å². The SMILES string of the molecule is Cc1oc(C)c(C(=O)NCC2(O)CCCC(C)C2)c1C. The fraction of sp³-hybridized carbons (Fsp3) is 0.688. The molecule has 0 aliphatic heterocycles. The molecule has 0 radical (unpaired) electrons. The summed E-state index contributed by atoms with van der Waals surface area (Å²) < 4.78 is 5.48. The summed E-state index contributed by atoms with van der Waals surface area (Å²) in [4.78, 5) is 12.3. The van der Waals surface area contributed by atoms with Gasteiger partial charge in [0.1, 0.15) is 11.5 Å². The van der Waals surface area contributed by atoms with Crippen molar-refractivity contribution in [3.05, 3.63) is 22.6 Å². The zero-order valence-corrected chi connectivity index (χ0v) is 12.9. The molecule has 1 aliphatic carbocycles. The molecule has 2 unspecified atom stereocenters. The molecule has 0 aromatic carbocycles. The van der Waals surface area contributed by atoms with Gasteiger partial charge in [-0.3, -0.25) is 4.79 Å². The third-order valence-corrected chi connectivity index (χ3v) is 4.43. The van der Waals surface area contributed by atoms with Gasteiger partial charge in [0.25, 0.3) is 5.91 Å². The maximum Gasteiger partial charge on any atom is 0.255 e. The Morgan fingerprint density at radius 1 is 1.40 bits per heavy atom. The highest BCUT2D eigenvalue weighted by atomic mass is 16.3. The standard InChI is InChI=1S/C16H25NO3/c1-10-6-5-7-16(19,8-10)9-17-15(18)14-11(2)12(3)20-13(14)4/h10,19H,5-9H2,1-4H3,(H,17,18). The molecular weight excluding hydrogens is 254 g/mol. The first-order valence-corrected chi connectivity index (χ1v) is 7.39. The van der Waals surface area contributed by atoms with Crippen molar-refractivity contribution < 1.29 is 14.3 Å². The van der Waals surface area contributed by atoms with Crippen LogP contribution < -0.4 is 5.32 Å². The Kier molecular flexibility index (Phi) is 4.23. The molecule has 4 nitrogen and oxygen atoms in total. The smallest absolute Gasteiger partial charge is 0.255 e. The van der Waals surface area contributed by atoms with Crippen molar-refractivity contribution in [3.8, 4) is 0 Å². The summed E-state index contributed by atoms with van der Waals surface area (Å²) in [5.74, 6) is 1.79. The highest BCUT2D eigenvalue weighted by Crippen LogP contribution is 2.31. The minimum Gasteiger partial charge on any atom is -0.466 e. The summed E-state index contributed by atoms with van der Waals surface area (Å²) in [6.45, 7) is 8.01. The molecule has 1 amide bonds. The van der Waals surface area contributed by atoms with E-state index in [1.807, 2.05) is 13.8 Å². The Bertz CT molecular complexity index is 506. The lowest BCUT2D eigenvalue weighted by Crippen LogP contribution is -2.45. The second-order valence-corrected chi connectivity index (χ2v) is 6.32. The molecule has 0 bridgehead atoms. The first-order chi connectivity index (χ1) is 9.32. The van der Waals surface area contributed by atoms with Crippen LogP contribution >= 0.6 is 0 Å². The number of hydrogen-bond acceptors (Lipinski definition) is 3. The summed E-state index contributed by atoms with van der Waals surface area (Å²) in [5.41, 5.74) is 0.729. The van der Waals surface area contributed by atoms with Crippen LogP contribution in [0.4, 0.5) is 0 Å². The summed E-state index contributed by atoms with van der Waals surface area (Å²) in [6, 6.07) is 0. The Labute approximate surface area is 120 Å². The minimum absolute atomic E-state index is 0.150. The highest BCUT2D eigenvalue weighted by Gasteiger charge is 2.33. The van der Waals surface area contributed by atoms with E-state index in [4.69, 9.17) is 4.42 Å². The third kappa shape index (κ3) is 3.06. The van der Waals surface area contributed by atoms with Gasteiger partial charge in [0.2, 0.25) is 0 Å². The number of nitrogens with one attached hydrogen (secondary N) is 1. The number of rotatable bonds is 3. The molecule has 2 atom stereocenters. The van der Waals surface area contributed by atoms with Crippen molar-refractivity contribution in [1.82, 2.24) is 5.32 Å². The molecule has 112 valence electrons. The molecule has 1 heterocycles. The van der Waals surface area contributed by atoms with E-state index in [1.54, 1.807) is 6.92 Å². The Morgan fingerprint density at radius 2 is 2.10 bits per heavy atom.